The first-order valence-electron chi connectivity index (χ1n) is 10.7. The molecular formula is C23H26N4O2S2. The summed E-state index contributed by atoms with van der Waals surface area (Å²) in [6.45, 7) is 3.14. The Hall–Kier alpha value is -2.32. The Kier molecular flexibility index (Phi) is 6.00. The van der Waals surface area contributed by atoms with Gasteiger partial charge < -0.3 is 20.4 Å². The Morgan fingerprint density at radius 1 is 0.968 bits per heavy atom. The Labute approximate surface area is 191 Å². The number of fused-ring (bicyclic) bond motifs is 1. The van der Waals surface area contributed by atoms with Gasteiger partial charge in [0, 0.05) is 42.4 Å². The van der Waals surface area contributed by atoms with Crippen LogP contribution in [-0.2, 0) is 9.59 Å². The second-order valence-electron chi connectivity index (χ2n) is 7.98. The highest BCUT2D eigenvalue weighted by Gasteiger charge is 2.39. The van der Waals surface area contributed by atoms with Crippen LogP contribution in [0.2, 0.25) is 0 Å². The van der Waals surface area contributed by atoms with E-state index in [-0.39, 0.29) is 28.5 Å². The molecule has 3 aliphatic heterocycles. The summed E-state index contributed by atoms with van der Waals surface area (Å²) >= 11 is 3.21. The van der Waals surface area contributed by atoms with Crippen LogP contribution in [-0.4, -0.2) is 59.4 Å². The van der Waals surface area contributed by atoms with Crippen LogP contribution in [0, 0.1) is 5.92 Å². The molecule has 2 aromatic carbocycles. The number of thioether (sulfide) groups is 2. The van der Waals surface area contributed by atoms with Gasteiger partial charge in [0.1, 0.15) is 0 Å². The van der Waals surface area contributed by atoms with E-state index in [2.05, 4.69) is 27.7 Å². The van der Waals surface area contributed by atoms with Crippen molar-refractivity contribution in [1.82, 2.24) is 10.2 Å². The largest absolute Gasteiger partial charge is 0.368 e. The normalized spacial score (nSPS) is 25.1. The van der Waals surface area contributed by atoms with Crippen molar-refractivity contribution in [3.63, 3.8) is 0 Å². The Bertz CT molecular complexity index is 925. The molecule has 0 saturated carbocycles. The van der Waals surface area contributed by atoms with E-state index in [1.807, 2.05) is 47.4 Å². The molecular weight excluding hydrogens is 428 g/mol. The van der Waals surface area contributed by atoms with Crippen LogP contribution >= 0.6 is 23.5 Å². The summed E-state index contributed by atoms with van der Waals surface area (Å²) in [6.07, 6.45) is 0.818. The van der Waals surface area contributed by atoms with Gasteiger partial charge in [-0.05, 0) is 36.4 Å². The molecule has 2 fully saturated rings. The van der Waals surface area contributed by atoms with Crippen molar-refractivity contribution in [3.05, 3.63) is 54.6 Å². The molecule has 8 heteroatoms. The third kappa shape index (κ3) is 4.36. The highest BCUT2D eigenvalue weighted by Crippen LogP contribution is 2.39. The van der Waals surface area contributed by atoms with Crippen LogP contribution in [0.15, 0.2) is 59.5 Å². The van der Waals surface area contributed by atoms with Crippen molar-refractivity contribution in [2.45, 2.75) is 22.1 Å². The molecule has 0 bridgehead atoms. The number of benzene rings is 2. The number of carbonyl (C=O) groups excluding carboxylic acids is 2. The number of amides is 2. The zero-order valence-electron chi connectivity index (χ0n) is 17.2. The molecule has 162 valence electrons. The third-order valence-corrected chi connectivity index (χ3v) is 8.52. The first kappa shape index (κ1) is 20.6. The fourth-order valence-corrected chi connectivity index (χ4v) is 6.72. The van der Waals surface area contributed by atoms with Gasteiger partial charge >= 0.3 is 0 Å². The molecule has 0 spiro atoms. The molecule has 3 aliphatic rings. The summed E-state index contributed by atoms with van der Waals surface area (Å²) in [5.74, 6) is 0.883. The maximum Gasteiger partial charge on any atom is 0.254 e. The number of hydrogen-bond donors (Lipinski definition) is 2. The van der Waals surface area contributed by atoms with E-state index in [1.165, 1.54) is 17.4 Å². The topological polar surface area (TPSA) is 64.7 Å². The molecule has 6 nitrogen and oxygen atoms in total. The highest BCUT2D eigenvalue weighted by molar-refractivity contribution is 8.01. The van der Waals surface area contributed by atoms with Gasteiger partial charge in [-0.15, -0.1) is 11.8 Å². The van der Waals surface area contributed by atoms with Crippen molar-refractivity contribution in [2.24, 2.45) is 5.92 Å². The number of hydrogen-bond acceptors (Lipinski definition) is 6. The molecule has 31 heavy (non-hydrogen) atoms. The lowest BCUT2D eigenvalue weighted by Gasteiger charge is -2.37. The Morgan fingerprint density at radius 3 is 2.48 bits per heavy atom. The van der Waals surface area contributed by atoms with Crippen LogP contribution in [0.5, 0.6) is 0 Å². The third-order valence-electron chi connectivity index (χ3n) is 6.06. The Morgan fingerprint density at radius 2 is 1.71 bits per heavy atom. The van der Waals surface area contributed by atoms with E-state index < -0.39 is 0 Å². The summed E-state index contributed by atoms with van der Waals surface area (Å²) in [5, 5.41) is 5.92. The minimum Gasteiger partial charge on any atom is -0.368 e. The summed E-state index contributed by atoms with van der Waals surface area (Å²) < 4.78 is 0. The maximum atomic E-state index is 13.3. The summed E-state index contributed by atoms with van der Waals surface area (Å²) in [5.41, 5.74) is 2.20. The van der Waals surface area contributed by atoms with Crippen molar-refractivity contribution in [3.8, 4) is 0 Å². The molecule has 0 radical (unpaired) electrons. The first-order chi connectivity index (χ1) is 15.2. The lowest BCUT2D eigenvalue weighted by atomic mass is 10.0. The van der Waals surface area contributed by atoms with Crippen molar-refractivity contribution in [1.29, 1.82) is 0 Å². The zero-order chi connectivity index (χ0) is 21.2. The van der Waals surface area contributed by atoms with Gasteiger partial charge in [0.05, 0.1) is 11.3 Å². The van der Waals surface area contributed by atoms with Gasteiger partial charge in [-0.25, -0.2) is 0 Å². The summed E-state index contributed by atoms with van der Waals surface area (Å²) in [4.78, 5) is 31.5. The zero-order valence-corrected chi connectivity index (χ0v) is 18.8. The molecule has 2 amide bonds. The molecule has 2 saturated heterocycles. The van der Waals surface area contributed by atoms with E-state index in [9.17, 15) is 9.59 Å². The second kappa shape index (κ2) is 9.04. The highest BCUT2D eigenvalue weighted by atomic mass is 32.2. The lowest BCUT2D eigenvalue weighted by Crippen LogP contribution is -2.53. The van der Waals surface area contributed by atoms with Crippen molar-refractivity contribution < 1.29 is 9.59 Å². The number of nitrogens with one attached hydrogen (secondary N) is 2. The molecule has 2 N–H and O–H groups in total. The molecule has 0 aliphatic carbocycles. The molecule has 3 atom stereocenters. The van der Waals surface area contributed by atoms with Gasteiger partial charge in [-0.3, -0.25) is 9.59 Å². The average Bonchev–Trinajstić information content (AvgIpc) is 3.46. The average molecular weight is 455 g/mol. The van der Waals surface area contributed by atoms with Crippen LogP contribution in [0.4, 0.5) is 11.4 Å². The quantitative estimate of drug-likeness (QED) is 0.740. The van der Waals surface area contributed by atoms with Crippen LogP contribution < -0.4 is 15.5 Å². The maximum absolute atomic E-state index is 13.3. The van der Waals surface area contributed by atoms with Gasteiger partial charge in [0.2, 0.25) is 5.91 Å². The molecule has 2 aromatic rings. The minimum absolute atomic E-state index is 0.0488. The van der Waals surface area contributed by atoms with E-state index in [0.717, 1.165) is 48.9 Å². The van der Waals surface area contributed by atoms with Crippen LogP contribution in [0.1, 0.15) is 6.42 Å². The van der Waals surface area contributed by atoms with Gasteiger partial charge in [0.25, 0.3) is 5.91 Å². The van der Waals surface area contributed by atoms with Gasteiger partial charge in [-0.1, -0.05) is 42.1 Å². The van der Waals surface area contributed by atoms with E-state index in [0.29, 0.717) is 0 Å². The van der Waals surface area contributed by atoms with Crippen LogP contribution in [0.25, 0.3) is 0 Å². The smallest absolute Gasteiger partial charge is 0.254 e. The number of piperazine rings is 1. The standard InChI is InChI=1S/C23H26N4O2S2/c28-20(22-24-18-8-4-5-9-19(18)31-22)25-21-17(10-15-30-21)23(29)27-13-11-26(12-14-27)16-6-2-1-3-7-16/h1-9,17,21-22,24H,10-15H2,(H,25,28). The molecule has 3 unspecified atom stereocenters. The van der Waals surface area contributed by atoms with E-state index >= 15 is 0 Å². The van der Waals surface area contributed by atoms with E-state index in [4.69, 9.17) is 0 Å². The molecule has 0 aromatic heterocycles. The summed E-state index contributed by atoms with van der Waals surface area (Å²) in [7, 11) is 0. The minimum atomic E-state index is -0.344. The second-order valence-corrected chi connectivity index (χ2v) is 10.4. The van der Waals surface area contributed by atoms with Crippen LogP contribution in [0.3, 0.4) is 0 Å². The fraction of sp³-hybridized carbons (Fsp3) is 0.391. The number of anilines is 2. The summed E-state index contributed by atoms with van der Waals surface area (Å²) in [6, 6.07) is 18.3. The fourth-order valence-electron chi connectivity index (χ4n) is 4.36. The number of carbonyl (C=O) groups is 2. The van der Waals surface area contributed by atoms with Crippen molar-refractivity contribution in [2.75, 3.05) is 42.1 Å². The molecule has 3 heterocycles. The monoisotopic (exact) mass is 454 g/mol. The predicted octanol–water partition coefficient (Wildman–Crippen LogP) is 3.07. The Balaban J connectivity index is 1.16. The molecule has 5 rings (SSSR count). The number of nitrogens with zero attached hydrogens (tertiary/aromatic N) is 2. The number of rotatable bonds is 4. The van der Waals surface area contributed by atoms with Gasteiger partial charge in [-0.2, -0.15) is 0 Å². The SMILES string of the molecule is O=C(NC1SCCC1C(=O)N1CCN(c2ccccc2)CC1)C1Nc2ccccc2S1. The first-order valence-corrected chi connectivity index (χ1v) is 12.6. The van der Waals surface area contributed by atoms with E-state index in [1.54, 1.807) is 11.8 Å². The lowest BCUT2D eigenvalue weighted by molar-refractivity contribution is -0.136. The predicted molar refractivity (Wildman–Crippen MR) is 127 cm³/mol. The number of para-hydroxylation sites is 2. The van der Waals surface area contributed by atoms with Crippen molar-refractivity contribution >= 4 is 46.7 Å². The van der Waals surface area contributed by atoms with Gasteiger partial charge in [0.15, 0.2) is 5.37 Å².